The minimum atomic E-state index is -1.35. The van der Waals surface area contributed by atoms with E-state index >= 15 is 0 Å². The molecule has 0 radical (unpaired) electrons. The molecule has 128 valence electrons. The van der Waals surface area contributed by atoms with E-state index in [1.807, 2.05) is 6.92 Å². The van der Waals surface area contributed by atoms with Crippen molar-refractivity contribution in [3.05, 3.63) is 56.4 Å². The number of carbonyl (C=O) groups is 1. The highest BCUT2D eigenvalue weighted by molar-refractivity contribution is 5.86. The average Bonchev–Trinajstić information content (AvgIpc) is 2.51. The van der Waals surface area contributed by atoms with Crippen LogP contribution in [0.1, 0.15) is 23.0 Å². The van der Waals surface area contributed by atoms with E-state index in [-0.39, 0.29) is 17.8 Å². The maximum absolute atomic E-state index is 12.7. The van der Waals surface area contributed by atoms with E-state index in [9.17, 15) is 19.5 Å². The first kappa shape index (κ1) is 17.5. The molecule has 0 spiro atoms. The highest BCUT2D eigenvalue weighted by Gasteiger charge is 2.20. The number of rotatable bonds is 6. The summed E-state index contributed by atoms with van der Waals surface area (Å²) in [5.74, 6) is -0.735. The largest absolute Gasteiger partial charge is 0.494 e. The molecule has 8 nitrogen and oxygen atoms in total. The Morgan fingerprint density at radius 3 is 2.38 bits per heavy atom. The lowest BCUT2D eigenvalue weighted by Gasteiger charge is -2.14. The number of aromatic amines is 1. The van der Waals surface area contributed by atoms with Crippen molar-refractivity contribution in [2.75, 3.05) is 20.7 Å². The van der Waals surface area contributed by atoms with Crippen molar-refractivity contribution >= 4 is 5.97 Å². The summed E-state index contributed by atoms with van der Waals surface area (Å²) < 4.78 is 6.24. The molecule has 1 aromatic carbocycles. The molecule has 0 atom stereocenters. The summed E-state index contributed by atoms with van der Waals surface area (Å²) in [6.45, 7) is 2.44. The van der Waals surface area contributed by atoms with Gasteiger partial charge in [0.2, 0.25) is 0 Å². The molecule has 0 saturated heterocycles. The number of nitrogens with zero attached hydrogens (tertiary/aromatic N) is 2. The Kier molecular flexibility index (Phi) is 5.20. The number of carboxylic acid groups (broad SMARTS) is 1. The second-order valence-electron chi connectivity index (χ2n) is 5.39. The van der Waals surface area contributed by atoms with E-state index in [0.717, 1.165) is 4.57 Å². The Balaban J connectivity index is 2.64. The molecule has 2 N–H and O–H groups in total. The van der Waals surface area contributed by atoms with Gasteiger partial charge < -0.3 is 19.7 Å². The van der Waals surface area contributed by atoms with Crippen molar-refractivity contribution in [3.63, 3.8) is 0 Å². The van der Waals surface area contributed by atoms with Crippen molar-refractivity contribution in [2.24, 2.45) is 0 Å². The summed E-state index contributed by atoms with van der Waals surface area (Å²) in [7, 11) is 3.41. The number of nitrogens with one attached hydrogen (secondary N) is 1. The number of aromatic nitrogens is 2. The number of H-pyrrole nitrogens is 1. The molecule has 0 fully saturated rings. The van der Waals surface area contributed by atoms with Crippen molar-refractivity contribution in [2.45, 2.75) is 13.5 Å². The summed E-state index contributed by atoms with van der Waals surface area (Å²) in [6.07, 6.45) is 0. The van der Waals surface area contributed by atoms with E-state index in [2.05, 4.69) is 4.98 Å². The number of ether oxygens (including phenoxy) is 1. The predicted molar refractivity (Wildman–Crippen MR) is 88.2 cm³/mol. The first-order valence-corrected chi connectivity index (χ1v) is 7.34. The molecule has 0 bridgehead atoms. The van der Waals surface area contributed by atoms with Crippen LogP contribution in [0.2, 0.25) is 0 Å². The third-order valence-electron chi connectivity index (χ3n) is 3.29. The van der Waals surface area contributed by atoms with E-state index < -0.39 is 17.2 Å². The smallest absolute Gasteiger partial charge is 0.352 e. The Bertz CT molecular complexity index is 849. The second kappa shape index (κ2) is 7.14. The van der Waals surface area contributed by atoms with Crippen LogP contribution in [-0.4, -0.2) is 46.2 Å². The van der Waals surface area contributed by atoms with Gasteiger partial charge in [0.1, 0.15) is 11.4 Å². The third-order valence-corrected chi connectivity index (χ3v) is 3.29. The first-order chi connectivity index (χ1) is 11.3. The Morgan fingerprint density at radius 1 is 1.25 bits per heavy atom. The van der Waals surface area contributed by atoms with E-state index in [1.165, 1.54) is 0 Å². The standard InChI is InChI=1S/C16H19N3O5/c1-4-24-11-7-5-10(6-8-11)19-14(20)12(9-18(2)3)13(15(21)22)17-16(19)23/h5-8H,4,9H2,1-3H3,(H,17,23)(H,21,22). The van der Waals surface area contributed by atoms with Crippen LogP contribution in [0.3, 0.4) is 0 Å². The monoisotopic (exact) mass is 333 g/mol. The van der Waals surface area contributed by atoms with Crippen LogP contribution < -0.4 is 16.0 Å². The quantitative estimate of drug-likeness (QED) is 0.806. The molecule has 1 aromatic heterocycles. The zero-order chi connectivity index (χ0) is 17.9. The molecule has 0 saturated carbocycles. The van der Waals surface area contributed by atoms with Gasteiger partial charge in [0.15, 0.2) is 0 Å². The fourth-order valence-corrected chi connectivity index (χ4v) is 2.31. The summed E-state index contributed by atoms with van der Waals surface area (Å²) in [5, 5.41) is 9.23. The average molecular weight is 333 g/mol. The Hall–Kier alpha value is -2.87. The molecule has 0 aliphatic rings. The minimum Gasteiger partial charge on any atom is -0.494 e. The minimum absolute atomic E-state index is 0.0148. The highest BCUT2D eigenvalue weighted by atomic mass is 16.5. The SMILES string of the molecule is CCOc1ccc(-n2c(=O)[nH]c(C(=O)O)c(CN(C)C)c2=O)cc1. The van der Waals surface area contributed by atoms with E-state index in [1.54, 1.807) is 43.3 Å². The fourth-order valence-electron chi connectivity index (χ4n) is 2.31. The lowest BCUT2D eigenvalue weighted by atomic mass is 10.2. The molecule has 2 aromatic rings. The van der Waals surface area contributed by atoms with Gasteiger partial charge in [-0.1, -0.05) is 0 Å². The zero-order valence-corrected chi connectivity index (χ0v) is 13.7. The van der Waals surface area contributed by atoms with Gasteiger partial charge in [-0.05, 0) is 45.3 Å². The third kappa shape index (κ3) is 3.54. The molecule has 0 amide bonds. The molecule has 24 heavy (non-hydrogen) atoms. The summed E-state index contributed by atoms with van der Waals surface area (Å²) in [6, 6.07) is 6.42. The fraction of sp³-hybridized carbons (Fsp3) is 0.312. The lowest BCUT2D eigenvalue weighted by molar-refractivity contribution is 0.0687. The normalized spacial score (nSPS) is 10.8. The Labute approximate surface area is 137 Å². The molecule has 0 aliphatic heterocycles. The van der Waals surface area contributed by atoms with E-state index in [4.69, 9.17) is 4.74 Å². The number of hydrogen-bond donors (Lipinski definition) is 2. The Morgan fingerprint density at radius 2 is 1.88 bits per heavy atom. The van der Waals surface area contributed by atoms with Crippen LogP contribution in [0.5, 0.6) is 5.75 Å². The summed E-state index contributed by atoms with van der Waals surface area (Å²) >= 11 is 0. The van der Waals surface area contributed by atoms with Crippen LogP contribution in [0, 0.1) is 0 Å². The number of carboxylic acids is 1. The first-order valence-electron chi connectivity index (χ1n) is 7.34. The van der Waals surface area contributed by atoms with Crippen molar-refractivity contribution < 1.29 is 14.6 Å². The van der Waals surface area contributed by atoms with Gasteiger partial charge in [-0.3, -0.25) is 4.79 Å². The second-order valence-corrected chi connectivity index (χ2v) is 5.39. The van der Waals surface area contributed by atoms with E-state index in [0.29, 0.717) is 18.0 Å². The van der Waals surface area contributed by atoms with Gasteiger partial charge in [-0.2, -0.15) is 0 Å². The van der Waals surface area contributed by atoms with Crippen LogP contribution in [0.4, 0.5) is 0 Å². The molecular formula is C16H19N3O5. The number of hydrogen-bond acceptors (Lipinski definition) is 5. The topological polar surface area (TPSA) is 105 Å². The van der Waals surface area contributed by atoms with Crippen LogP contribution >= 0.6 is 0 Å². The molecule has 0 aliphatic carbocycles. The summed E-state index contributed by atoms with van der Waals surface area (Å²) in [5.41, 5.74) is -1.50. The number of aromatic carboxylic acids is 1. The predicted octanol–water partition coefficient (Wildman–Crippen LogP) is 0.684. The van der Waals surface area contributed by atoms with Gasteiger partial charge in [-0.25, -0.2) is 14.2 Å². The molecule has 2 rings (SSSR count). The molecular weight excluding hydrogens is 314 g/mol. The van der Waals surface area contributed by atoms with Gasteiger partial charge >= 0.3 is 11.7 Å². The van der Waals surface area contributed by atoms with Gasteiger partial charge in [0, 0.05) is 6.54 Å². The molecule has 1 heterocycles. The van der Waals surface area contributed by atoms with Crippen LogP contribution in [0.15, 0.2) is 33.9 Å². The number of benzene rings is 1. The van der Waals surface area contributed by atoms with Gasteiger partial charge in [0.05, 0.1) is 17.9 Å². The van der Waals surface area contributed by atoms with Gasteiger partial charge in [0.25, 0.3) is 5.56 Å². The van der Waals surface area contributed by atoms with Crippen molar-refractivity contribution in [3.8, 4) is 11.4 Å². The summed E-state index contributed by atoms with van der Waals surface area (Å²) in [4.78, 5) is 40.2. The maximum Gasteiger partial charge on any atom is 0.352 e. The zero-order valence-electron chi connectivity index (χ0n) is 13.7. The maximum atomic E-state index is 12.7. The lowest BCUT2D eigenvalue weighted by Crippen LogP contribution is -2.39. The highest BCUT2D eigenvalue weighted by Crippen LogP contribution is 2.13. The van der Waals surface area contributed by atoms with Crippen molar-refractivity contribution in [1.29, 1.82) is 0 Å². The molecule has 0 unspecified atom stereocenters. The van der Waals surface area contributed by atoms with Gasteiger partial charge in [-0.15, -0.1) is 0 Å². The van der Waals surface area contributed by atoms with Crippen LogP contribution in [-0.2, 0) is 6.54 Å². The van der Waals surface area contributed by atoms with Crippen molar-refractivity contribution in [1.82, 2.24) is 14.5 Å². The molecule has 8 heteroatoms. The van der Waals surface area contributed by atoms with Crippen LogP contribution in [0.25, 0.3) is 5.69 Å².